The van der Waals surface area contributed by atoms with E-state index in [1.165, 1.54) is 41.1 Å². The zero-order valence-corrected chi connectivity index (χ0v) is 18.3. The van der Waals surface area contributed by atoms with Gasteiger partial charge in [0.2, 0.25) is 11.0 Å². The Hall–Kier alpha value is -2.76. The van der Waals surface area contributed by atoms with Gasteiger partial charge in [0.1, 0.15) is 0 Å². The lowest BCUT2D eigenvalue weighted by molar-refractivity contribution is -0.113. The van der Waals surface area contributed by atoms with Gasteiger partial charge in [0.05, 0.1) is 16.9 Å². The fourth-order valence-corrected chi connectivity index (χ4v) is 5.14. The van der Waals surface area contributed by atoms with Gasteiger partial charge in [0.25, 0.3) is 11.8 Å². The van der Waals surface area contributed by atoms with Crippen molar-refractivity contribution in [2.45, 2.75) is 10.8 Å². The Morgan fingerprint density at radius 2 is 2.00 bits per heavy atom. The third-order valence-electron chi connectivity index (χ3n) is 4.33. The summed E-state index contributed by atoms with van der Waals surface area (Å²) >= 11 is 4.42. The quantitative estimate of drug-likeness (QED) is 0.394. The molecule has 3 heterocycles. The molecule has 1 aliphatic heterocycles. The molecule has 11 heteroatoms. The van der Waals surface area contributed by atoms with Crippen LogP contribution in [-0.4, -0.2) is 52.2 Å². The molecular weight excluding hydrogens is 442 g/mol. The summed E-state index contributed by atoms with van der Waals surface area (Å²) in [6, 6.07) is 8.83. The molecule has 0 radical (unpaired) electrons. The van der Waals surface area contributed by atoms with Crippen LogP contribution in [0.5, 0.6) is 0 Å². The maximum Gasteiger partial charge on any atom is 0.261 e. The van der Waals surface area contributed by atoms with Crippen molar-refractivity contribution in [3.05, 3.63) is 51.7 Å². The number of rotatable bonds is 8. The standard InChI is InChI=1S/C19H17N5O3S3/c1-24-16(26)13-5-4-11(9-14(13)17(24)27)21-15(25)10-29-19-23-22-18(30-19)20-7-6-12-3-2-8-28-12/h2-5,8-9H,6-7,10H2,1H3,(H,20,22)(H,21,25). The Bertz CT molecular complexity index is 1100. The first-order valence-corrected chi connectivity index (χ1v) is 11.7. The number of thioether (sulfide) groups is 1. The molecule has 0 saturated heterocycles. The number of carbonyl (C=O) groups excluding carboxylic acids is 3. The molecule has 1 aliphatic rings. The van der Waals surface area contributed by atoms with Crippen LogP contribution in [0.25, 0.3) is 0 Å². The number of amides is 3. The third kappa shape index (κ3) is 4.53. The van der Waals surface area contributed by atoms with E-state index in [4.69, 9.17) is 0 Å². The molecule has 154 valence electrons. The Labute approximate surface area is 184 Å². The van der Waals surface area contributed by atoms with E-state index in [1.807, 2.05) is 6.07 Å². The highest BCUT2D eigenvalue weighted by Gasteiger charge is 2.32. The Morgan fingerprint density at radius 1 is 1.17 bits per heavy atom. The van der Waals surface area contributed by atoms with E-state index in [0.717, 1.165) is 23.0 Å². The van der Waals surface area contributed by atoms with Gasteiger partial charge < -0.3 is 10.6 Å². The van der Waals surface area contributed by atoms with Crippen LogP contribution in [0.15, 0.2) is 40.1 Å². The van der Waals surface area contributed by atoms with E-state index < -0.39 is 0 Å². The average Bonchev–Trinajstić information content (AvgIpc) is 3.46. The Kier molecular flexibility index (Phi) is 6.11. The second kappa shape index (κ2) is 8.94. The van der Waals surface area contributed by atoms with Crippen LogP contribution in [0.3, 0.4) is 0 Å². The number of nitrogens with zero attached hydrogens (tertiary/aromatic N) is 3. The highest BCUT2D eigenvalue weighted by atomic mass is 32.2. The molecule has 3 amide bonds. The largest absolute Gasteiger partial charge is 0.360 e. The number of benzene rings is 1. The van der Waals surface area contributed by atoms with Crippen molar-refractivity contribution < 1.29 is 14.4 Å². The van der Waals surface area contributed by atoms with Gasteiger partial charge in [0.15, 0.2) is 4.34 Å². The highest BCUT2D eigenvalue weighted by molar-refractivity contribution is 8.01. The number of aromatic nitrogens is 2. The maximum atomic E-state index is 12.3. The third-order valence-corrected chi connectivity index (χ3v) is 7.28. The molecule has 1 aromatic carbocycles. The predicted octanol–water partition coefficient (Wildman–Crippen LogP) is 3.21. The van der Waals surface area contributed by atoms with E-state index in [-0.39, 0.29) is 23.5 Å². The Balaban J connectivity index is 1.26. The molecule has 0 fully saturated rings. The number of hydrogen-bond donors (Lipinski definition) is 2. The van der Waals surface area contributed by atoms with Gasteiger partial charge in [0, 0.05) is 24.2 Å². The molecule has 0 bridgehead atoms. The summed E-state index contributed by atoms with van der Waals surface area (Å²) in [5.41, 5.74) is 1.13. The summed E-state index contributed by atoms with van der Waals surface area (Å²) in [5, 5.41) is 16.9. The summed E-state index contributed by atoms with van der Waals surface area (Å²) in [6.45, 7) is 0.773. The molecule has 0 spiro atoms. The van der Waals surface area contributed by atoms with Gasteiger partial charge in [-0.05, 0) is 36.1 Å². The highest BCUT2D eigenvalue weighted by Crippen LogP contribution is 2.27. The minimum atomic E-state index is -0.367. The summed E-state index contributed by atoms with van der Waals surface area (Å²) in [4.78, 5) is 38.6. The normalized spacial score (nSPS) is 12.9. The first-order chi connectivity index (χ1) is 14.5. The van der Waals surface area contributed by atoms with Crippen LogP contribution >= 0.6 is 34.4 Å². The monoisotopic (exact) mass is 459 g/mol. The number of hydrogen-bond acceptors (Lipinski definition) is 9. The van der Waals surface area contributed by atoms with Gasteiger partial charge >= 0.3 is 0 Å². The molecule has 30 heavy (non-hydrogen) atoms. The van der Waals surface area contributed by atoms with Crippen molar-refractivity contribution >= 4 is 63.0 Å². The molecular formula is C19H17N5O3S3. The van der Waals surface area contributed by atoms with Gasteiger partial charge in [-0.1, -0.05) is 29.2 Å². The maximum absolute atomic E-state index is 12.3. The molecule has 0 unspecified atom stereocenters. The van der Waals surface area contributed by atoms with Crippen molar-refractivity contribution in [2.75, 3.05) is 30.0 Å². The van der Waals surface area contributed by atoms with Gasteiger partial charge in [-0.15, -0.1) is 21.5 Å². The van der Waals surface area contributed by atoms with Crippen molar-refractivity contribution in [3.63, 3.8) is 0 Å². The predicted molar refractivity (Wildman–Crippen MR) is 119 cm³/mol. The molecule has 3 aromatic rings. The lowest BCUT2D eigenvalue weighted by atomic mass is 10.1. The molecule has 8 nitrogen and oxygen atoms in total. The van der Waals surface area contributed by atoms with E-state index in [1.54, 1.807) is 23.5 Å². The fraction of sp³-hybridized carbons (Fsp3) is 0.211. The van der Waals surface area contributed by atoms with Crippen LogP contribution in [0, 0.1) is 0 Å². The molecule has 4 rings (SSSR count). The minimum Gasteiger partial charge on any atom is -0.360 e. The summed E-state index contributed by atoms with van der Waals surface area (Å²) in [5.74, 6) is -0.770. The smallest absolute Gasteiger partial charge is 0.261 e. The second-order valence-corrected chi connectivity index (χ2v) is 9.63. The van der Waals surface area contributed by atoms with E-state index in [2.05, 4.69) is 32.3 Å². The first-order valence-electron chi connectivity index (χ1n) is 9.00. The summed E-state index contributed by atoms with van der Waals surface area (Å²) in [6.07, 6.45) is 0.923. The number of carbonyl (C=O) groups is 3. The first kappa shape index (κ1) is 20.5. The van der Waals surface area contributed by atoms with Crippen LogP contribution in [0.1, 0.15) is 25.6 Å². The van der Waals surface area contributed by atoms with E-state index in [9.17, 15) is 14.4 Å². The fourth-order valence-electron chi connectivity index (χ4n) is 2.85. The number of anilines is 2. The zero-order valence-electron chi connectivity index (χ0n) is 15.9. The molecule has 0 saturated carbocycles. The van der Waals surface area contributed by atoms with Crippen LogP contribution in [0.2, 0.25) is 0 Å². The van der Waals surface area contributed by atoms with Crippen LogP contribution in [-0.2, 0) is 11.2 Å². The Morgan fingerprint density at radius 3 is 2.80 bits per heavy atom. The zero-order chi connectivity index (χ0) is 21.1. The van der Waals surface area contributed by atoms with Crippen molar-refractivity contribution in [1.82, 2.24) is 15.1 Å². The second-order valence-electron chi connectivity index (χ2n) is 6.40. The average molecular weight is 460 g/mol. The summed E-state index contributed by atoms with van der Waals surface area (Å²) < 4.78 is 0.695. The van der Waals surface area contributed by atoms with E-state index >= 15 is 0 Å². The molecule has 2 aromatic heterocycles. The van der Waals surface area contributed by atoms with Crippen molar-refractivity contribution in [1.29, 1.82) is 0 Å². The lowest BCUT2D eigenvalue weighted by Gasteiger charge is -2.05. The lowest BCUT2D eigenvalue weighted by Crippen LogP contribution is -2.24. The number of fused-ring (bicyclic) bond motifs is 1. The summed E-state index contributed by atoms with van der Waals surface area (Å²) in [7, 11) is 1.44. The topological polar surface area (TPSA) is 104 Å². The number of imide groups is 1. The van der Waals surface area contributed by atoms with E-state index in [0.29, 0.717) is 21.2 Å². The molecule has 2 N–H and O–H groups in total. The van der Waals surface area contributed by atoms with Gasteiger partial charge in [-0.25, -0.2) is 0 Å². The van der Waals surface area contributed by atoms with Crippen LogP contribution in [0.4, 0.5) is 10.8 Å². The van der Waals surface area contributed by atoms with Crippen LogP contribution < -0.4 is 10.6 Å². The van der Waals surface area contributed by atoms with Gasteiger partial charge in [-0.3, -0.25) is 19.3 Å². The van der Waals surface area contributed by atoms with Gasteiger partial charge in [-0.2, -0.15) is 0 Å². The van der Waals surface area contributed by atoms with Crippen molar-refractivity contribution in [2.24, 2.45) is 0 Å². The number of thiophene rings is 1. The minimum absolute atomic E-state index is 0.160. The SMILES string of the molecule is CN1C(=O)c2ccc(NC(=O)CSc3nnc(NCCc4cccs4)s3)cc2C1=O. The molecule has 0 atom stereocenters. The van der Waals surface area contributed by atoms with Crippen molar-refractivity contribution in [3.8, 4) is 0 Å². The molecule has 0 aliphatic carbocycles. The number of nitrogens with one attached hydrogen (secondary N) is 2.